The van der Waals surface area contributed by atoms with Gasteiger partial charge in [0.05, 0.1) is 24.7 Å². The van der Waals surface area contributed by atoms with Crippen LogP contribution in [0, 0.1) is 5.41 Å². The molecule has 2 heterocycles. The summed E-state index contributed by atoms with van der Waals surface area (Å²) in [5, 5.41) is 9.84. The zero-order chi connectivity index (χ0) is 14.9. The fraction of sp³-hybridized carbons (Fsp3) is 0.588. The second-order valence-electron chi connectivity index (χ2n) is 6.21. The first-order chi connectivity index (χ1) is 10.2. The first-order valence-corrected chi connectivity index (χ1v) is 7.82. The van der Waals surface area contributed by atoms with Crippen LogP contribution < -0.4 is 0 Å². The average molecular weight is 289 g/mol. The van der Waals surface area contributed by atoms with E-state index in [0.717, 1.165) is 24.8 Å². The van der Waals surface area contributed by atoms with Crippen LogP contribution in [0.2, 0.25) is 0 Å². The Morgan fingerprint density at radius 1 is 1.38 bits per heavy atom. The van der Waals surface area contributed by atoms with Gasteiger partial charge in [-0.1, -0.05) is 50.1 Å². The van der Waals surface area contributed by atoms with Crippen LogP contribution in [-0.4, -0.2) is 35.2 Å². The topological polar surface area (TPSA) is 49.8 Å². The highest BCUT2D eigenvalue weighted by atomic mass is 16.5. The van der Waals surface area contributed by atoms with Crippen LogP contribution in [-0.2, 0) is 9.53 Å². The van der Waals surface area contributed by atoms with Gasteiger partial charge in [-0.3, -0.25) is 4.79 Å². The van der Waals surface area contributed by atoms with E-state index in [1.807, 2.05) is 35.2 Å². The molecule has 0 aliphatic carbocycles. The van der Waals surface area contributed by atoms with Crippen LogP contribution in [0.25, 0.3) is 0 Å². The number of unbranched alkanes of at least 4 members (excludes halogenated alkanes) is 1. The highest BCUT2D eigenvalue weighted by molar-refractivity contribution is 5.86. The minimum atomic E-state index is -0.586. The van der Waals surface area contributed by atoms with E-state index in [-0.39, 0.29) is 24.8 Å². The minimum absolute atomic E-state index is 0.0552. The predicted octanol–water partition coefficient (Wildman–Crippen LogP) is 2.49. The number of hydrogen-bond acceptors (Lipinski definition) is 3. The molecule has 2 saturated heterocycles. The molecular formula is C17H23NO3. The molecule has 1 N–H and O–H groups in total. The van der Waals surface area contributed by atoms with Gasteiger partial charge in [-0.2, -0.15) is 0 Å². The van der Waals surface area contributed by atoms with E-state index in [9.17, 15) is 9.90 Å². The Balaban J connectivity index is 1.85. The molecule has 1 aromatic rings. The zero-order valence-corrected chi connectivity index (χ0v) is 12.5. The van der Waals surface area contributed by atoms with E-state index in [4.69, 9.17) is 4.74 Å². The summed E-state index contributed by atoms with van der Waals surface area (Å²) in [5.74, 6) is 0.0646. The highest BCUT2D eigenvalue weighted by Crippen LogP contribution is 2.47. The second kappa shape index (κ2) is 5.78. The number of nitrogens with zero attached hydrogens (tertiary/aromatic N) is 1. The number of benzene rings is 1. The molecule has 0 bridgehead atoms. The summed E-state index contributed by atoms with van der Waals surface area (Å²) in [6, 6.07) is 9.97. The third-order valence-corrected chi connectivity index (χ3v) is 4.80. The van der Waals surface area contributed by atoms with E-state index in [0.29, 0.717) is 13.0 Å². The molecular weight excluding hydrogens is 266 g/mol. The van der Waals surface area contributed by atoms with Crippen molar-refractivity contribution in [1.29, 1.82) is 0 Å². The van der Waals surface area contributed by atoms with Gasteiger partial charge in [-0.25, -0.2) is 0 Å². The van der Waals surface area contributed by atoms with Gasteiger partial charge in [0.25, 0.3) is 0 Å². The molecule has 3 rings (SSSR count). The van der Waals surface area contributed by atoms with Gasteiger partial charge in [-0.15, -0.1) is 0 Å². The fourth-order valence-corrected chi connectivity index (χ4v) is 3.61. The minimum Gasteiger partial charge on any atom is -0.395 e. The maximum Gasteiger partial charge on any atom is 0.233 e. The summed E-state index contributed by atoms with van der Waals surface area (Å²) in [5.41, 5.74) is 0.426. The van der Waals surface area contributed by atoms with Crippen LogP contribution in [0.3, 0.4) is 0 Å². The quantitative estimate of drug-likeness (QED) is 0.906. The number of carbonyl (C=O) groups excluding carboxylic acids is 1. The molecule has 2 fully saturated rings. The molecule has 0 saturated carbocycles. The van der Waals surface area contributed by atoms with Crippen LogP contribution in [0.1, 0.15) is 44.4 Å². The van der Waals surface area contributed by atoms with E-state index in [1.165, 1.54) is 0 Å². The van der Waals surface area contributed by atoms with Crippen LogP contribution >= 0.6 is 0 Å². The molecule has 1 amide bonds. The lowest BCUT2D eigenvalue weighted by molar-refractivity contribution is -0.145. The highest BCUT2D eigenvalue weighted by Gasteiger charge is 2.55. The first kappa shape index (κ1) is 14.5. The van der Waals surface area contributed by atoms with Gasteiger partial charge in [-0.05, 0) is 12.8 Å². The lowest BCUT2D eigenvalue weighted by atomic mass is 9.80. The SMILES string of the molecule is CCCC[C@]1(CO)C[C@H]2CO[C@H](c3ccccc3)N2C1=O. The summed E-state index contributed by atoms with van der Waals surface area (Å²) >= 11 is 0. The Morgan fingerprint density at radius 3 is 2.81 bits per heavy atom. The maximum absolute atomic E-state index is 12.9. The van der Waals surface area contributed by atoms with Gasteiger partial charge in [0.2, 0.25) is 5.91 Å². The monoisotopic (exact) mass is 289 g/mol. The Bertz CT molecular complexity index is 504. The van der Waals surface area contributed by atoms with E-state index >= 15 is 0 Å². The number of fused-ring (bicyclic) bond motifs is 1. The number of aliphatic hydroxyl groups excluding tert-OH is 1. The number of amides is 1. The van der Waals surface area contributed by atoms with Crippen LogP contribution in [0.15, 0.2) is 30.3 Å². The standard InChI is InChI=1S/C17H23NO3/c1-2-3-9-17(12-19)10-14-11-21-15(18(14)16(17)20)13-7-5-4-6-8-13/h4-8,14-15,19H,2-3,9-12H2,1H3/t14-,15+,17+/m0/s1. The molecule has 0 unspecified atom stereocenters. The average Bonchev–Trinajstić information content (AvgIpc) is 3.05. The van der Waals surface area contributed by atoms with Crippen LogP contribution in [0.4, 0.5) is 0 Å². The fourth-order valence-electron chi connectivity index (χ4n) is 3.61. The number of aliphatic hydroxyl groups is 1. The Hall–Kier alpha value is -1.39. The maximum atomic E-state index is 12.9. The van der Waals surface area contributed by atoms with E-state index in [1.54, 1.807) is 0 Å². The van der Waals surface area contributed by atoms with Crippen molar-refractivity contribution >= 4 is 5.91 Å². The number of rotatable bonds is 5. The van der Waals surface area contributed by atoms with E-state index in [2.05, 4.69) is 6.92 Å². The summed E-state index contributed by atoms with van der Waals surface area (Å²) in [6.45, 7) is 2.63. The van der Waals surface area contributed by atoms with Crippen molar-refractivity contribution in [1.82, 2.24) is 4.90 Å². The van der Waals surface area contributed by atoms with Gasteiger partial charge < -0.3 is 14.7 Å². The molecule has 2 aliphatic rings. The molecule has 2 aliphatic heterocycles. The van der Waals surface area contributed by atoms with Crippen molar-refractivity contribution in [2.45, 2.75) is 44.9 Å². The third-order valence-electron chi connectivity index (χ3n) is 4.80. The van der Waals surface area contributed by atoms with Crippen molar-refractivity contribution in [2.24, 2.45) is 5.41 Å². The van der Waals surface area contributed by atoms with Gasteiger partial charge in [0, 0.05) is 5.56 Å². The summed E-state index contributed by atoms with van der Waals surface area (Å²) in [4.78, 5) is 14.8. The molecule has 1 aromatic carbocycles. The molecule has 0 spiro atoms. The number of ether oxygens (including phenoxy) is 1. The lowest BCUT2D eigenvalue weighted by Gasteiger charge is -2.28. The van der Waals surface area contributed by atoms with Crippen molar-refractivity contribution in [3.63, 3.8) is 0 Å². The van der Waals surface area contributed by atoms with Crippen LogP contribution in [0.5, 0.6) is 0 Å². The Morgan fingerprint density at radius 2 is 2.14 bits per heavy atom. The second-order valence-corrected chi connectivity index (χ2v) is 6.21. The smallest absolute Gasteiger partial charge is 0.233 e. The molecule has 4 heteroatoms. The molecule has 4 nitrogen and oxygen atoms in total. The largest absolute Gasteiger partial charge is 0.395 e. The van der Waals surface area contributed by atoms with Gasteiger partial charge >= 0.3 is 0 Å². The number of hydrogen-bond donors (Lipinski definition) is 1. The van der Waals surface area contributed by atoms with E-state index < -0.39 is 5.41 Å². The Kier molecular flexibility index (Phi) is 4.00. The summed E-state index contributed by atoms with van der Waals surface area (Å²) < 4.78 is 5.84. The predicted molar refractivity (Wildman–Crippen MR) is 79.4 cm³/mol. The van der Waals surface area contributed by atoms with Crippen molar-refractivity contribution in [3.8, 4) is 0 Å². The summed E-state index contributed by atoms with van der Waals surface area (Å²) in [6.07, 6.45) is 3.21. The third kappa shape index (κ3) is 2.36. The molecule has 0 aromatic heterocycles. The Labute approximate surface area is 125 Å². The summed E-state index contributed by atoms with van der Waals surface area (Å²) in [7, 11) is 0. The molecule has 114 valence electrons. The van der Waals surface area contributed by atoms with Crippen molar-refractivity contribution in [2.75, 3.05) is 13.2 Å². The zero-order valence-electron chi connectivity index (χ0n) is 12.5. The lowest BCUT2D eigenvalue weighted by Crippen LogP contribution is -2.38. The molecule has 0 radical (unpaired) electrons. The number of carbonyl (C=O) groups is 1. The first-order valence-electron chi connectivity index (χ1n) is 7.82. The van der Waals surface area contributed by atoms with Crippen molar-refractivity contribution < 1.29 is 14.6 Å². The normalized spacial score (nSPS) is 31.7. The molecule has 21 heavy (non-hydrogen) atoms. The van der Waals surface area contributed by atoms with Gasteiger partial charge in [0.15, 0.2) is 6.23 Å². The van der Waals surface area contributed by atoms with Crippen molar-refractivity contribution in [3.05, 3.63) is 35.9 Å². The van der Waals surface area contributed by atoms with Gasteiger partial charge in [0.1, 0.15) is 0 Å². The molecule has 3 atom stereocenters.